The lowest BCUT2D eigenvalue weighted by molar-refractivity contribution is 0.826. The molecular weight excluding hydrogens is 240 g/mol. The molecule has 0 bridgehead atoms. The Hall–Kier alpha value is -2.11. The molecule has 0 atom stereocenters. The third kappa shape index (κ3) is 2.06. The molecule has 6 nitrogen and oxygen atoms in total. The number of anilines is 1. The number of aromatic amines is 1. The number of nitrogens with one attached hydrogen (secondary N) is 1. The molecule has 0 aliphatic heterocycles. The summed E-state index contributed by atoms with van der Waals surface area (Å²) in [6.07, 6.45) is 3.42. The second-order valence-electron chi connectivity index (χ2n) is 3.24. The van der Waals surface area contributed by atoms with Gasteiger partial charge in [0.25, 0.3) is 5.56 Å². The van der Waals surface area contributed by atoms with Gasteiger partial charge < -0.3 is 5.73 Å². The summed E-state index contributed by atoms with van der Waals surface area (Å²) in [5, 5.41) is 0. The Labute approximate surface area is 99.7 Å². The van der Waals surface area contributed by atoms with E-state index >= 15 is 0 Å². The van der Waals surface area contributed by atoms with E-state index in [-0.39, 0.29) is 21.1 Å². The Morgan fingerprint density at radius 2 is 2.35 bits per heavy atom. The van der Waals surface area contributed by atoms with Gasteiger partial charge in [0, 0.05) is 0 Å². The molecule has 0 aromatic carbocycles. The molecule has 0 unspecified atom stereocenters. The van der Waals surface area contributed by atoms with Crippen molar-refractivity contribution < 1.29 is 0 Å². The van der Waals surface area contributed by atoms with Crippen molar-refractivity contribution in [3.05, 3.63) is 37.9 Å². The molecule has 0 amide bonds. The van der Waals surface area contributed by atoms with E-state index in [1.165, 1.54) is 4.57 Å². The Balaban J connectivity index is 2.71. The zero-order valence-corrected chi connectivity index (χ0v) is 9.87. The van der Waals surface area contributed by atoms with E-state index in [2.05, 4.69) is 15.7 Å². The van der Waals surface area contributed by atoms with Crippen molar-refractivity contribution in [2.24, 2.45) is 0 Å². The van der Waals surface area contributed by atoms with Crippen LogP contribution in [0.2, 0.25) is 0 Å². The Morgan fingerprint density at radius 1 is 1.59 bits per heavy atom. The van der Waals surface area contributed by atoms with Gasteiger partial charge in [-0.05, 0) is 19.1 Å². The Kier molecular flexibility index (Phi) is 2.95. The number of fused-ring (bicyclic) bond motifs is 1. The SMILES string of the molecule is CC=C=CCn1c(=O)sc2c(=O)[nH]c(N)nc21. The number of nitrogen functional groups attached to an aromatic ring is 1. The minimum absolute atomic E-state index is 0.00376. The topological polar surface area (TPSA) is 93.8 Å². The number of nitrogens with two attached hydrogens (primary N) is 1. The Morgan fingerprint density at radius 3 is 3.06 bits per heavy atom. The second kappa shape index (κ2) is 4.40. The van der Waals surface area contributed by atoms with E-state index in [4.69, 9.17) is 5.73 Å². The summed E-state index contributed by atoms with van der Waals surface area (Å²) in [5.74, 6) is 0.00376. The van der Waals surface area contributed by atoms with Crippen molar-refractivity contribution in [3.8, 4) is 0 Å². The summed E-state index contributed by atoms with van der Waals surface area (Å²) >= 11 is 0.860. The lowest BCUT2D eigenvalue weighted by atomic mass is 10.5. The average Bonchev–Trinajstić information content (AvgIpc) is 2.57. The summed E-state index contributed by atoms with van der Waals surface area (Å²) < 4.78 is 1.68. The molecule has 17 heavy (non-hydrogen) atoms. The van der Waals surface area contributed by atoms with Gasteiger partial charge in [0.15, 0.2) is 5.65 Å². The number of aromatic nitrogens is 3. The molecule has 0 fully saturated rings. The molecule has 0 saturated heterocycles. The molecule has 0 radical (unpaired) electrons. The van der Waals surface area contributed by atoms with Crippen LogP contribution in [0.4, 0.5) is 5.95 Å². The minimum atomic E-state index is -0.386. The molecule has 0 spiro atoms. The fraction of sp³-hybridized carbons (Fsp3) is 0.200. The monoisotopic (exact) mass is 250 g/mol. The maximum absolute atomic E-state index is 11.7. The second-order valence-corrected chi connectivity index (χ2v) is 4.20. The fourth-order valence-corrected chi connectivity index (χ4v) is 2.23. The van der Waals surface area contributed by atoms with Gasteiger partial charge in [-0.2, -0.15) is 4.98 Å². The normalized spacial score (nSPS) is 10.2. The molecular formula is C10H10N4O2S. The van der Waals surface area contributed by atoms with Crippen LogP contribution in [-0.4, -0.2) is 14.5 Å². The molecule has 7 heteroatoms. The molecule has 2 aromatic rings. The predicted octanol–water partition coefficient (Wildman–Crippen LogP) is 0.460. The molecule has 88 valence electrons. The van der Waals surface area contributed by atoms with E-state index in [0.29, 0.717) is 12.2 Å². The maximum atomic E-state index is 11.7. The molecule has 0 aliphatic rings. The van der Waals surface area contributed by atoms with Crippen LogP contribution in [0.5, 0.6) is 0 Å². The summed E-state index contributed by atoms with van der Waals surface area (Å²) in [6.45, 7) is 2.14. The van der Waals surface area contributed by atoms with E-state index in [0.717, 1.165) is 11.3 Å². The minimum Gasteiger partial charge on any atom is -0.369 e. The first-order valence-electron chi connectivity index (χ1n) is 4.88. The Bertz CT molecular complexity index is 731. The van der Waals surface area contributed by atoms with Crippen molar-refractivity contribution in [3.63, 3.8) is 0 Å². The van der Waals surface area contributed by atoms with Crippen LogP contribution < -0.4 is 16.2 Å². The van der Waals surface area contributed by atoms with Crippen LogP contribution in [0.25, 0.3) is 10.3 Å². The van der Waals surface area contributed by atoms with Gasteiger partial charge in [-0.3, -0.25) is 19.1 Å². The number of nitrogens with zero attached hydrogens (tertiary/aromatic N) is 2. The largest absolute Gasteiger partial charge is 0.369 e. The summed E-state index contributed by atoms with van der Waals surface area (Å²) in [6, 6.07) is 0. The van der Waals surface area contributed by atoms with Gasteiger partial charge >= 0.3 is 4.87 Å². The van der Waals surface area contributed by atoms with Crippen LogP contribution in [0.3, 0.4) is 0 Å². The number of hydrogen-bond donors (Lipinski definition) is 2. The van der Waals surface area contributed by atoms with Crippen LogP contribution in [0.15, 0.2) is 27.5 Å². The lowest BCUT2D eigenvalue weighted by Crippen LogP contribution is -2.14. The lowest BCUT2D eigenvalue weighted by Gasteiger charge is -1.97. The van der Waals surface area contributed by atoms with Gasteiger partial charge in [0.1, 0.15) is 4.70 Å². The maximum Gasteiger partial charge on any atom is 0.309 e. The zero-order chi connectivity index (χ0) is 12.4. The molecule has 2 rings (SSSR count). The molecule has 2 aromatic heterocycles. The molecule has 0 aliphatic carbocycles. The average molecular weight is 250 g/mol. The van der Waals surface area contributed by atoms with Crippen LogP contribution in [0.1, 0.15) is 6.92 Å². The predicted molar refractivity (Wildman–Crippen MR) is 67.2 cm³/mol. The van der Waals surface area contributed by atoms with E-state index in [9.17, 15) is 9.59 Å². The van der Waals surface area contributed by atoms with Gasteiger partial charge in [-0.1, -0.05) is 11.3 Å². The summed E-state index contributed by atoms with van der Waals surface area (Å²) in [7, 11) is 0. The van der Waals surface area contributed by atoms with Gasteiger partial charge in [-0.15, -0.1) is 5.73 Å². The zero-order valence-electron chi connectivity index (χ0n) is 9.06. The van der Waals surface area contributed by atoms with E-state index in [1.807, 2.05) is 6.92 Å². The molecule has 3 N–H and O–H groups in total. The quantitative estimate of drug-likeness (QED) is 0.757. The highest BCUT2D eigenvalue weighted by atomic mass is 32.1. The van der Waals surface area contributed by atoms with Crippen molar-refractivity contribution in [2.75, 3.05) is 5.73 Å². The van der Waals surface area contributed by atoms with Crippen LogP contribution in [-0.2, 0) is 6.54 Å². The molecule has 0 saturated carbocycles. The van der Waals surface area contributed by atoms with Crippen LogP contribution >= 0.6 is 11.3 Å². The van der Waals surface area contributed by atoms with Gasteiger partial charge in [-0.25, -0.2) is 0 Å². The van der Waals surface area contributed by atoms with E-state index < -0.39 is 0 Å². The highest BCUT2D eigenvalue weighted by Gasteiger charge is 2.11. The summed E-state index contributed by atoms with van der Waals surface area (Å²) in [5.41, 5.74) is 8.24. The number of thiazole rings is 1. The number of allylic oxidation sites excluding steroid dienone is 1. The van der Waals surface area contributed by atoms with Crippen molar-refractivity contribution in [2.45, 2.75) is 13.5 Å². The van der Waals surface area contributed by atoms with Crippen molar-refractivity contribution in [1.29, 1.82) is 0 Å². The standard InChI is InChI=1S/C10H10N4O2S/c1-2-3-4-5-14-7-6(17-10(14)16)8(15)13-9(11)12-7/h2,4H,5H2,1H3,(H3,11,12,13,15). The fourth-order valence-electron chi connectivity index (χ4n) is 1.39. The highest BCUT2D eigenvalue weighted by molar-refractivity contribution is 7.16. The van der Waals surface area contributed by atoms with Crippen LogP contribution in [0, 0.1) is 0 Å². The first kappa shape index (κ1) is 11.4. The first-order chi connectivity index (χ1) is 8.13. The number of H-pyrrole nitrogens is 1. The van der Waals surface area contributed by atoms with Crippen molar-refractivity contribution in [1.82, 2.24) is 14.5 Å². The van der Waals surface area contributed by atoms with Gasteiger partial charge in [0.2, 0.25) is 5.95 Å². The number of hydrogen-bond acceptors (Lipinski definition) is 5. The molecule has 2 heterocycles. The smallest absolute Gasteiger partial charge is 0.309 e. The first-order valence-corrected chi connectivity index (χ1v) is 5.70. The van der Waals surface area contributed by atoms with Crippen molar-refractivity contribution >= 4 is 27.6 Å². The summed E-state index contributed by atoms with van der Waals surface area (Å²) in [4.78, 5) is 29.3. The third-order valence-corrected chi connectivity index (χ3v) is 3.07. The third-order valence-electron chi connectivity index (χ3n) is 2.10. The highest BCUT2D eigenvalue weighted by Crippen LogP contribution is 2.10. The van der Waals surface area contributed by atoms with E-state index in [1.54, 1.807) is 12.2 Å². The number of rotatable bonds is 2. The van der Waals surface area contributed by atoms with Gasteiger partial charge in [0.05, 0.1) is 6.54 Å².